The van der Waals surface area contributed by atoms with Crippen molar-refractivity contribution < 1.29 is 27.6 Å². The third kappa shape index (κ3) is 11.8. The number of carbonyl (C=O) groups is 4. The summed E-state index contributed by atoms with van der Waals surface area (Å²) in [4.78, 5) is 56.8. The van der Waals surface area contributed by atoms with Gasteiger partial charge in [-0.25, -0.2) is 12.7 Å². The Morgan fingerprint density at radius 1 is 0.769 bits per heavy atom. The largest absolute Gasteiger partial charge is 0.343 e. The quantitative estimate of drug-likeness (QED) is 0.141. The lowest BCUT2D eigenvalue weighted by Crippen LogP contribution is -2.63. The minimum atomic E-state index is -3.24. The lowest BCUT2D eigenvalue weighted by Gasteiger charge is -2.53. The molecule has 2 aromatic rings. The average molecular weight is 740 g/mol. The highest BCUT2D eigenvalue weighted by atomic mass is 32.2. The summed E-state index contributed by atoms with van der Waals surface area (Å²) in [7, 11) is -3.24. The minimum Gasteiger partial charge on any atom is -0.343 e. The first-order valence-electron chi connectivity index (χ1n) is 18.4. The van der Waals surface area contributed by atoms with Crippen molar-refractivity contribution in [2.24, 2.45) is 22.8 Å². The fourth-order valence-corrected chi connectivity index (χ4v) is 7.99. The van der Waals surface area contributed by atoms with Gasteiger partial charge < -0.3 is 32.3 Å². The summed E-state index contributed by atoms with van der Waals surface area (Å²) in [6, 6.07) is 15.0. The van der Waals surface area contributed by atoms with E-state index in [1.165, 1.54) is 10.6 Å². The van der Waals surface area contributed by atoms with Gasteiger partial charge in [-0.3, -0.25) is 19.2 Å². The molecule has 4 atom stereocenters. The molecule has 0 aliphatic carbocycles. The van der Waals surface area contributed by atoms with Crippen molar-refractivity contribution in [3.05, 3.63) is 71.8 Å². The second-order valence-corrected chi connectivity index (χ2v) is 16.9. The number of benzene rings is 2. The van der Waals surface area contributed by atoms with E-state index in [0.717, 1.165) is 11.1 Å². The van der Waals surface area contributed by atoms with Gasteiger partial charge in [-0.05, 0) is 68.5 Å². The topological polar surface area (TPSA) is 197 Å². The standard InChI is InChI=1S/C38H57N7O6S/c1-27(2)22-32(43-36(48)33(24-29-14-8-5-9-15-29)42-34(46)30(40)23-28-12-6-4-7-13-28)35(47)41-31(16-10-11-19-39)37(49)44-20-17-38(18-21-44)25-45(26-38)52(3,50)51/h4-9,12-15,27,30-33H,10-11,16-26,39-40H2,1-3H3,(H,41,47)(H,42,46)(H,43,48)/t30-,31-,32?,33-/m1/s1. The molecule has 2 heterocycles. The van der Waals surface area contributed by atoms with Crippen molar-refractivity contribution in [3.63, 3.8) is 0 Å². The molecule has 0 bridgehead atoms. The van der Waals surface area contributed by atoms with Crippen LogP contribution in [0.3, 0.4) is 0 Å². The zero-order chi connectivity index (χ0) is 37.9. The molecule has 0 radical (unpaired) electrons. The molecule has 2 aliphatic heterocycles. The number of hydrogen-bond acceptors (Lipinski definition) is 8. The maximum atomic E-state index is 14.0. The lowest BCUT2D eigenvalue weighted by molar-refractivity contribution is -0.140. The van der Waals surface area contributed by atoms with E-state index in [9.17, 15) is 27.6 Å². The molecule has 286 valence electrons. The molecule has 1 unspecified atom stereocenters. The van der Waals surface area contributed by atoms with Gasteiger partial charge in [0.2, 0.25) is 33.7 Å². The van der Waals surface area contributed by atoms with E-state index in [2.05, 4.69) is 16.0 Å². The van der Waals surface area contributed by atoms with Crippen molar-refractivity contribution in [3.8, 4) is 0 Å². The molecule has 0 saturated carbocycles. The summed E-state index contributed by atoms with van der Waals surface area (Å²) < 4.78 is 25.3. The van der Waals surface area contributed by atoms with E-state index < -0.39 is 51.9 Å². The highest BCUT2D eigenvalue weighted by molar-refractivity contribution is 7.88. The molecule has 4 rings (SSSR count). The Kier molecular flexibility index (Phi) is 14.8. The predicted molar refractivity (Wildman–Crippen MR) is 201 cm³/mol. The summed E-state index contributed by atoms with van der Waals surface area (Å²) in [5.74, 6) is -1.66. The van der Waals surface area contributed by atoms with Crippen LogP contribution in [0.1, 0.15) is 63.5 Å². The van der Waals surface area contributed by atoms with Crippen LogP contribution in [0.4, 0.5) is 0 Å². The molecule has 2 saturated heterocycles. The third-order valence-corrected chi connectivity index (χ3v) is 11.3. The van der Waals surface area contributed by atoms with Gasteiger partial charge in [-0.15, -0.1) is 0 Å². The Balaban J connectivity index is 1.45. The number of unbranched alkanes of at least 4 members (excludes halogenated alkanes) is 1. The highest BCUT2D eigenvalue weighted by Gasteiger charge is 2.49. The van der Waals surface area contributed by atoms with Crippen molar-refractivity contribution in [1.29, 1.82) is 0 Å². The normalized spacial score (nSPS) is 18.2. The van der Waals surface area contributed by atoms with Crippen molar-refractivity contribution >= 4 is 33.7 Å². The average Bonchev–Trinajstić information content (AvgIpc) is 3.09. The van der Waals surface area contributed by atoms with Crippen molar-refractivity contribution in [1.82, 2.24) is 25.2 Å². The smallest absolute Gasteiger partial charge is 0.245 e. The molecule has 2 aliphatic rings. The monoisotopic (exact) mass is 739 g/mol. The van der Waals surface area contributed by atoms with Gasteiger partial charge in [0, 0.05) is 38.0 Å². The molecule has 2 fully saturated rings. The second-order valence-electron chi connectivity index (χ2n) is 14.9. The van der Waals surface area contributed by atoms with Crippen LogP contribution < -0.4 is 27.4 Å². The van der Waals surface area contributed by atoms with Gasteiger partial charge in [0.05, 0.1) is 12.3 Å². The molecule has 1 spiro atoms. The molecule has 4 amide bonds. The van der Waals surface area contributed by atoms with E-state index in [4.69, 9.17) is 11.5 Å². The van der Waals surface area contributed by atoms with Gasteiger partial charge in [0.1, 0.15) is 18.1 Å². The Bertz CT molecular complexity index is 1590. The Labute approximate surface area is 308 Å². The maximum absolute atomic E-state index is 14.0. The SMILES string of the molecule is CC(C)CC(NC(=O)[C@@H](Cc1ccccc1)NC(=O)[C@H](N)Cc1ccccc1)C(=O)N[C@H](CCCCN)C(=O)N1CCC2(CC1)CN(S(C)(=O)=O)C2. The first-order chi connectivity index (χ1) is 24.7. The third-order valence-electron chi connectivity index (χ3n) is 10.1. The number of nitrogens with two attached hydrogens (primary N) is 2. The van der Waals surface area contributed by atoms with Crippen LogP contribution in [0.2, 0.25) is 0 Å². The first kappa shape index (κ1) is 40.9. The molecule has 14 heteroatoms. The second kappa shape index (κ2) is 18.8. The van der Waals surface area contributed by atoms with Gasteiger partial charge in [-0.2, -0.15) is 0 Å². The number of nitrogens with zero attached hydrogens (tertiary/aromatic N) is 2. The number of sulfonamides is 1. The minimum absolute atomic E-state index is 0.0242. The Morgan fingerprint density at radius 3 is 1.83 bits per heavy atom. The van der Waals surface area contributed by atoms with Gasteiger partial charge in [0.15, 0.2) is 0 Å². The summed E-state index contributed by atoms with van der Waals surface area (Å²) in [5, 5.41) is 8.67. The number of hydrogen-bond donors (Lipinski definition) is 5. The Hall–Kier alpha value is -3.85. The van der Waals surface area contributed by atoms with Crippen LogP contribution in [0.15, 0.2) is 60.7 Å². The van der Waals surface area contributed by atoms with E-state index in [1.807, 2.05) is 74.5 Å². The number of carbonyl (C=O) groups excluding carboxylic acids is 4. The molecule has 13 nitrogen and oxygen atoms in total. The lowest BCUT2D eigenvalue weighted by atomic mass is 9.73. The number of likely N-dealkylation sites (tertiary alicyclic amines) is 1. The summed E-state index contributed by atoms with van der Waals surface area (Å²) >= 11 is 0. The Morgan fingerprint density at radius 2 is 1.29 bits per heavy atom. The number of amides is 4. The van der Waals surface area contributed by atoms with Gasteiger partial charge in [0.25, 0.3) is 0 Å². The summed E-state index contributed by atoms with van der Waals surface area (Å²) in [6.07, 6.45) is 5.07. The molecule has 7 N–H and O–H groups in total. The van der Waals surface area contributed by atoms with Crippen molar-refractivity contribution in [2.45, 2.75) is 89.4 Å². The molecule has 52 heavy (non-hydrogen) atoms. The maximum Gasteiger partial charge on any atom is 0.245 e. The van der Waals surface area contributed by atoms with Crippen LogP contribution in [-0.2, 0) is 42.0 Å². The van der Waals surface area contributed by atoms with Crippen molar-refractivity contribution in [2.75, 3.05) is 39.0 Å². The number of piperidine rings is 1. The molecule has 2 aromatic carbocycles. The fourth-order valence-electron chi connectivity index (χ4n) is 6.97. The van der Waals surface area contributed by atoms with Gasteiger partial charge >= 0.3 is 0 Å². The first-order valence-corrected chi connectivity index (χ1v) is 20.2. The van der Waals surface area contributed by atoms with Crippen LogP contribution in [0, 0.1) is 11.3 Å². The molecule has 0 aromatic heterocycles. The van der Waals surface area contributed by atoms with Crippen LogP contribution in [0.25, 0.3) is 0 Å². The zero-order valence-electron chi connectivity index (χ0n) is 30.8. The van der Waals surface area contributed by atoms with E-state index in [1.54, 1.807) is 4.90 Å². The van der Waals surface area contributed by atoms with Crippen LogP contribution in [0.5, 0.6) is 0 Å². The van der Waals surface area contributed by atoms with E-state index >= 15 is 0 Å². The van der Waals surface area contributed by atoms with Crippen LogP contribution in [-0.4, -0.2) is 104 Å². The summed E-state index contributed by atoms with van der Waals surface area (Å²) in [5.41, 5.74) is 13.6. The molecular weight excluding hydrogens is 683 g/mol. The zero-order valence-corrected chi connectivity index (χ0v) is 31.6. The van der Waals surface area contributed by atoms with E-state index in [0.29, 0.717) is 77.7 Å². The van der Waals surface area contributed by atoms with Crippen LogP contribution >= 0.6 is 0 Å². The van der Waals surface area contributed by atoms with Gasteiger partial charge in [-0.1, -0.05) is 74.5 Å². The predicted octanol–water partition coefficient (Wildman–Crippen LogP) is 1.31. The van der Waals surface area contributed by atoms with E-state index in [-0.39, 0.29) is 23.7 Å². The molecular formula is C38H57N7O6S. The number of nitrogens with one attached hydrogen (secondary N) is 3. The highest BCUT2D eigenvalue weighted by Crippen LogP contribution is 2.41. The summed E-state index contributed by atoms with van der Waals surface area (Å²) in [6.45, 7) is 6.21. The fraction of sp³-hybridized carbons (Fsp3) is 0.579. The number of rotatable bonds is 18.